The number of amides is 3. The third-order valence-electron chi connectivity index (χ3n) is 9.48. The molecule has 3 aliphatic rings. The van der Waals surface area contributed by atoms with E-state index in [-0.39, 0.29) is 34.4 Å². The van der Waals surface area contributed by atoms with Gasteiger partial charge in [0.05, 0.1) is 16.6 Å². The molecule has 3 heterocycles. The van der Waals surface area contributed by atoms with Crippen molar-refractivity contribution in [3.8, 4) is 0 Å². The van der Waals surface area contributed by atoms with Gasteiger partial charge in [0.15, 0.2) is 0 Å². The second-order valence-corrected chi connectivity index (χ2v) is 15.2. The van der Waals surface area contributed by atoms with Gasteiger partial charge in [0.1, 0.15) is 6.04 Å². The molecule has 45 heavy (non-hydrogen) atoms. The highest BCUT2D eigenvalue weighted by atomic mass is 79.9. The smallest absolute Gasteiger partial charge is 0.251 e. The molecule has 9 heteroatoms. The number of rotatable bonds is 14. The number of aliphatic hydroxyl groups is 1. The molecule has 0 aliphatic carbocycles. The molecule has 3 aliphatic heterocycles. The number of anilines is 1. The van der Waals surface area contributed by atoms with Crippen LogP contribution in [-0.4, -0.2) is 79.7 Å². The molecule has 240 valence electrons. The van der Waals surface area contributed by atoms with Gasteiger partial charge in [-0.15, -0.1) is 24.9 Å². The Labute approximate surface area is 279 Å². The first-order chi connectivity index (χ1) is 21.7. The summed E-state index contributed by atoms with van der Waals surface area (Å²) in [6, 6.07) is 15.2. The summed E-state index contributed by atoms with van der Waals surface area (Å²) in [4.78, 5) is 49.4. The number of unbranched alkanes of at least 4 members (excludes halogenated alkanes) is 2. The van der Waals surface area contributed by atoms with Gasteiger partial charge in [-0.1, -0.05) is 70.5 Å². The largest absolute Gasteiger partial charge is 0.396 e. The normalized spacial score (nSPS) is 26.5. The highest BCUT2D eigenvalue weighted by Gasteiger charge is 2.76. The number of thioether (sulfide) groups is 1. The van der Waals surface area contributed by atoms with Crippen molar-refractivity contribution in [2.45, 2.75) is 66.9 Å². The monoisotopic (exact) mass is 693 g/mol. The number of alkyl halides is 1. The lowest BCUT2D eigenvalue weighted by atomic mass is 9.70. The van der Waals surface area contributed by atoms with Gasteiger partial charge in [0, 0.05) is 48.6 Å². The van der Waals surface area contributed by atoms with E-state index in [9.17, 15) is 19.5 Å². The molecule has 0 radical (unpaired) electrons. The molecule has 2 aromatic carbocycles. The number of aliphatic hydroxyl groups excluding tert-OH is 1. The van der Waals surface area contributed by atoms with Gasteiger partial charge in [0.25, 0.3) is 5.91 Å². The fourth-order valence-electron chi connectivity index (χ4n) is 7.50. The van der Waals surface area contributed by atoms with Crippen LogP contribution < -0.4 is 4.90 Å². The molecule has 7 nitrogen and oxygen atoms in total. The van der Waals surface area contributed by atoms with Gasteiger partial charge in [0.2, 0.25) is 11.8 Å². The summed E-state index contributed by atoms with van der Waals surface area (Å²) in [5, 5.41) is 9.26. The molecule has 2 aromatic rings. The number of hydrogen-bond acceptors (Lipinski definition) is 5. The van der Waals surface area contributed by atoms with Crippen LogP contribution in [0.15, 0.2) is 73.8 Å². The standard InChI is InChI=1S/C36H44BrN3O4S/c1-5-17-38(23-26-13-9-7-10-14-26)33(42)29-30-34(43)40(19-11-8-12-20-41)32(36(30)22-27(37)31(29)45-36)35(44)39(18-6-2)28-21-24(3)15-16-25(28)4/h5-7,9-10,13-16,21,27,29-32,41H,1-2,8,11-12,17-20,22-23H2,3-4H3/t27?,29-,30-,31-,32?,36?/m0/s1. The second kappa shape index (κ2) is 14.3. The number of halogens is 1. The van der Waals surface area contributed by atoms with Crippen molar-refractivity contribution in [2.75, 3.05) is 31.1 Å². The second-order valence-electron chi connectivity index (χ2n) is 12.5. The zero-order valence-corrected chi connectivity index (χ0v) is 28.6. The summed E-state index contributed by atoms with van der Waals surface area (Å²) in [7, 11) is 0. The summed E-state index contributed by atoms with van der Waals surface area (Å²) in [5.41, 5.74) is 3.84. The van der Waals surface area contributed by atoms with Crippen LogP contribution in [0, 0.1) is 25.7 Å². The Kier molecular flexibility index (Phi) is 10.6. The van der Waals surface area contributed by atoms with Crippen molar-refractivity contribution >= 4 is 51.1 Å². The minimum atomic E-state index is -0.742. The average molecular weight is 695 g/mol. The van der Waals surface area contributed by atoms with Gasteiger partial charge in [-0.2, -0.15) is 0 Å². The number of carbonyl (C=O) groups is 3. The third kappa shape index (κ3) is 6.28. The highest BCUT2D eigenvalue weighted by molar-refractivity contribution is 9.09. The zero-order chi connectivity index (χ0) is 32.3. The molecule has 3 fully saturated rings. The number of carbonyl (C=O) groups excluding carboxylic acids is 3. The number of aryl methyl sites for hydroxylation is 2. The Balaban J connectivity index is 1.55. The van der Waals surface area contributed by atoms with Crippen LogP contribution in [0.2, 0.25) is 0 Å². The Hall–Kier alpha value is -2.88. The minimum absolute atomic E-state index is 0.0130. The number of nitrogens with zero attached hydrogens (tertiary/aromatic N) is 3. The number of benzene rings is 2. The maximum atomic E-state index is 14.9. The van der Waals surface area contributed by atoms with Crippen LogP contribution in [0.1, 0.15) is 42.4 Å². The maximum Gasteiger partial charge on any atom is 0.251 e. The lowest BCUT2D eigenvalue weighted by molar-refractivity contribution is -0.144. The Morgan fingerprint density at radius 3 is 2.49 bits per heavy atom. The summed E-state index contributed by atoms with van der Waals surface area (Å²) >= 11 is 5.57. The van der Waals surface area contributed by atoms with E-state index in [1.54, 1.807) is 38.6 Å². The van der Waals surface area contributed by atoms with Crippen LogP contribution in [0.25, 0.3) is 0 Å². The van der Waals surface area contributed by atoms with E-state index in [1.807, 2.05) is 62.4 Å². The van der Waals surface area contributed by atoms with Crippen molar-refractivity contribution in [3.63, 3.8) is 0 Å². The van der Waals surface area contributed by atoms with Crippen molar-refractivity contribution in [3.05, 3.63) is 90.5 Å². The highest BCUT2D eigenvalue weighted by Crippen LogP contribution is 2.68. The summed E-state index contributed by atoms with van der Waals surface area (Å²) in [5.74, 6) is -1.47. The van der Waals surface area contributed by atoms with E-state index in [4.69, 9.17) is 0 Å². The predicted octanol–water partition coefficient (Wildman–Crippen LogP) is 5.66. The molecule has 1 N–H and O–H groups in total. The van der Waals surface area contributed by atoms with E-state index in [1.165, 1.54) is 0 Å². The molecule has 0 saturated carbocycles. The zero-order valence-electron chi connectivity index (χ0n) is 26.2. The molecule has 3 unspecified atom stereocenters. The minimum Gasteiger partial charge on any atom is -0.396 e. The quantitative estimate of drug-likeness (QED) is 0.157. The average Bonchev–Trinajstić information content (AvgIpc) is 3.62. The van der Waals surface area contributed by atoms with E-state index < -0.39 is 22.6 Å². The first-order valence-electron chi connectivity index (χ1n) is 15.8. The molecule has 5 rings (SSSR count). The Bertz CT molecular complexity index is 1440. The van der Waals surface area contributed by atoms with Crippen molar-refractivity contribution < 1.29 is 19.5 Å². The van der Waals surface area contributed by atoms with Crippen molar-refractivity contribution in [1.29, 1.82) is 0 Å². The number of likely N-dealkylation sites (tertiary alicyclic amines) is 1. The van der Waals surface area contributed by atoms with Crippen molar-refractivity contribution in [1.82, 2.24) is 9.80 Å². The maximum absolute atomic E-state index is 14.9. The molecular weight excluding hydrogens is 650 g/mol. The van der Waals surface area contributed by atoms with Gasteiger partial charge in [-0.05, 0) is 62.3 Å². The number of fused-ring (bicyclic) bond motifs is 1. The SMILES string of the molecule is C=CCN(Cc1ccccc1)C(=O)[C@H]1[C@H]2C(=O)N(CCCCCO)C(C(=O)N(CC=C)c3cc(C)ccc3C)C23CC(Br)[C@@H]1S3. The number of hydrogen-bond donors (Lipinski definition) is 1. The fraction of sp³-hybridized carbons (Fsp3) is 0.472. The summed E-state index contributed by atoms with van der Waals surface area (Å²) in [6.45, 7) is 13.5. The van der Waals surface area contributed by atoms with Crippen LogP contribution in [0.5, 0.6) is 0 Å². The lowest BCUT2D eigenvalue weighted by Crippen LogP contribution is -2.56. The van der Waals surface area contributed by atoms with Crippen LogP contribution >= 0.6 is 27.7 Å². The molecule has 1 spiro atoms. The van der Waals surface area contributed by atoms with Gasteiger partial charge in [-0.25, -0.2) is 0 Å². The first kappa shape index (κ1) is 33.5. The molecule has 2 bridgehead atoms. The van der Waals surface area contributed by atoms with Crippen LogP contribution in [0.3, 0.4) is 0 Å². The topological polar surface area (TPSA) is 81.2 Å². The summed E-state index contributed by atoms with van der Waals surface area (Å²) < 4.78 is -0.742. The summed E-state index contributed by atoms with van der Waals surface area (Å²) in [6.07, 6.45) is 6.14. The molecule has 3 saturated heterocycles. The Morgan fingerprint density at radius 2 is 1.80 bits per heavy atom. The first-order valence-corrected chi connectivity index (χ1v) is 17.6. The predicted molar refractivity (Wildman–Crippen MR) is 185 cm³/mol. The van der Waals surface area contributed by atoms with Crippen LogP contribution in [0.4, 0.5) is 5.69 Å². The molecule has 0 aromatic heterocycles. The van der Waals surface area contributed by atoms with Gasteiger partial charge >= 0.3 is 0 Å². The van der Waals surface area contributed by atoms with E-state index in [2.05, 4.69) is 29.1 Å². The fourth-order valence-corrected chi connectivity index (χ4v) is 11.1. The lowest BCUT2D eigenvalue weighted by Gasteiger charge is -2.38. The molecule has 3 amide bonds. The molecule has 6 atom stereocenters. The Morgan fingerprint density at radius 1 is 1.07 bits per heavy atom. The van der Waals surface area contributed by atoms with E-state index in [0.29, 0.717) is 45.4 Å². The van der Waals surface area contributed by atoms with Gasteiger partial charge in [-0.3, -0.25) is 14.4 Å². The van der Waals surface area contributed by atoms with E-state index >= 15 is 0 Å². The molecular formula is C36H44BrN3O4S. The van der Waals surface area contributed by atoms with Gasteiger partial charge < -0.3 is 19.8 Å². The van der Waals surface area contributed by atoms with E-state index in [0.717, 1.165) is 28.8 Å². The third-order valence-corrected chi connectivity index (χ3v) is 12.7. The van der Waals surface area contributed by atoms with Crippen LogP contribution in [-0.2, 0) is 20.9 Å². The van der Waals surface area contributed by atoms with Crippen molar-refractivity contribution in [2.24, 2.45) is 11.8 Å².